The van der Waals surface area contributed by atoms with E-state index in [4.69, 9.17) is 10.8 Å². The third-order valence-electron chi connectivity index (χ3n) is 3.74. The van der Waals surface area contributed by atoms with Crippen LogP contribution in [-0.2, 0) is 4.79 Å². The van der Waals surface area contributed by atoms with Crippen molar-refractivity contribution in [1.82, 2.24) is 5.32 Å². The molecule has 0 aromatic carbocycles. The van der Waals surface area contributed by atoms with E-state index in [0.717, 1.165) is 19.3 Å². The topological polar surface area (TPSA) is 92.4 Å². The van der Waals surface area contributed by atoms with Gasteiger partial charge in [-0.05, 0) is 12.3 Å². The number of carboxylic acid groups (broad SMARTS) is 1. The van der Waals surface area contributed by atoms with E-state index < -0.39 is 12.0 Å². The Hall–Kier alpha value is -1.26. The van der Waals surface area contributed by atoms with Crippen LogP contribution in [0.5, 0.6) is 0 Å². The molecule has 0 bridgehead atoms. The molecule has 0 heterocycles. The molecule has 0 spiro atoms. The SMILES string of the molecule is CCCCCCCCC(CC)C(CC(=O)O)NC(N)=O. The van der Waals surface area contributed by atoms with E-state index in [1.807, 2.05) is 6.92 Å². The average molecular weight is 286 g/mol. The lowest BCUT2D eigenvalue weighted by Gasteiger charge is -2.25. The second-order valence-corrected chi connectivity index (χ2v) is 5.44. The molecule has 0 fully saturated rings. The summed E-state index contributed by atoms with van der Waals surface area (Å²) in [6.45, 7) is 4.22. The van der Waals surface area contributed by atoms with Crippen LogP contribution in [0.15, 0.2) is 0 Å². The molecular weight excluding hydrogens is 256 g/mol. The minimum Gasteiger partial charge on any atom is -0.481 e. The number of carbonyl (C=O) groups is 2. The number of urea groups is 1. The van der Waals surface area contributed by atoms with Gasteiger partial charge < -0.3 is 16.2 Å². The van der Waals surface area contributed by atoms with Crippen molar-refractivity contribution in [2.24, 2.45) is 11.7 Å². The summed E-state index contributed by atoms with van der Waals surface area (Å²) in [6.07, 6.45) is 9.02. The summed E-state index contributed by atoms with van der Waals surface area (Å²) in [6, 6.07) is -0.997. The summed E-state index contributed by atoms with van der Waals surface area (Å²) in [5, 5.41) is 11.5. The number of amides is 2. The number of nitrogens with one attached hydrogen (secondary N) is 1. The second kappa shape index (κ2) is 11.6. The van der Waals surface area contributed by atoms with Gasteiger partial charge in [0.05, 0.1) is 6.42 Å². The predicted octanol–water partition coefficient (Wildman–Crippen LogP) is 3.27. The molecule has 0 saturated carbocycles. The van der Waals surface area contributed by atoms with Gasteiger partial charge in [0.15, 0.2) is 0 Å². The van der Waals surface area contributed by atoms with Crippen molar-refractivity contribution < 1.29 is 14.7 Å². The smallest absolute Gasteiger partial charge is 0.312 e. The van der Waals surface area contributed by atoms with Gasteiger partial charge in [0.1, 0.15) is 0 Å². The molecule has 0 radical (unpaired) electrons. The minimum absolute atomic E-state index is 0.0583. The molecule has 5 nitrogen and oxygen atoms in total. The highest BCUT2D eigenvalue weighted by atomic mass is 16.4. The van der Waals surface area contributed by atoms with Crippen molar-refractivity contribution in [1.29, 1.82) is 0 Å². The fourth-order valence-corrected chi connectivity index (χ4v) is 2.58. The number of carboxylic acids is 1. The molecule has 0 aromatic heterocycles. The summed E-state index contributed by atoms with van der Waals surface area (Å²) < 4.78 is 0. The number of unbranched alkanes of at least 4 members (excludes halogenated alkanes) is 5. The minimum atomic E-state index is -0.898. The zero-order valence-electron chi connectivity index (χ0n) is 12.9. The summed E-state index contributed by atoms with van der Waals surface area (Å²) >= 11 is 0. The van der Waals surface area contributed by atoms with Gasteiger partial charge in [0.25, 0.3) is 0 Å². The molecule has 0 aliphatic rings. The molecule has 20 heavy (non-hydrogen) atoms. The predicted molar refractivity (Wildman–Crippen MR) is 80.5 cm³/mol. The van der Waals surface area contributed by atoms with E-state index in [0.29, 0.717) is 0 Å². The van der Waals surface area contributed by atoms with Crippen LogP contribution in [0.2, 0.25) is 0 Å². The monoisotopic (exact) mass is 286 g/mol. The van der Waals surface area contributed by atoms with Crippen LogP contribution in [0.4, 0.5) is 4.79 Å². The fourth-order valence-electron chi connectivity index (χ4n) is 2.58. The summed E-state index contributed by atoms with van der Waals surface area (Å²) in [5.74, 6) is -0.713. The molecule has 0 aliphatic heterocycles. The normalized spacial score (nSPS) is 13.7. The van der Waals surface area contributed by atoms with Gasteiger partial charge in [-0.2, -0.15) is 0 Å². The van der Waals surface area contributed by atoms with Gasteiger partial charge in [-0.1, -0.05) is 58.8 Å². The van der Waals surface area contributed by atoms with Gasteiger partial charge in [-0.15, -0.1) is 0 Å². The van der Waals surface area contributed by atoms with Gasteiger partial charge in [0, 0.05) is 6.04 Å². The van der Waals surface area contributed by atoms with Gasteiger partial charge in [0.2, 0.25) is 0 Å². The van der Waals surface area contributed by atoms with Crippen molar-refractivity contribution in [3.8, 4) is 0 Å². The molecule has 118 valence electrons. The van der Waals surface area contributed by atoms with Gasteiger partial charge >= 0.3 is 12.0 Å². The lowest BCUT2D eigenvalue weighted by molar-refractivity contribution is -0.137. The highest BCUT2D eigenvalue weighted by Gasteiger charge is 2.23. The van der Waals surface area contributed by atoms with Crippen molar-refractivity contribution in [3.63, 3.8) is 0 Å². The number of hydrogen-bond acceptors (Lipinski definition) is 2. The van der Waals surface area contributed by atoms with Crippen LogP contribution in [0.3, 0.4) is 0 Å². The first kappa shape index (κ1) is 18.7. The third kappa shape index (κ3) is 9.64. The number of hydrogen-bond donors (Lipinski definition) is 3. The summed E-state index contributed by atoms with van der Waals surface area (Å²) in [4.78, 5) is 21.8. The highest BCUT2D eigenvalue weighted by Crippen LogP contribution is 2.20. The summed E-state index contributed by atoms with van der Waals surface area (Å²) in [7, 11) is 0. The number of aliphatic carboxylic acids is 1. The Morgan fingerprint density at radius 1 is 1.10 bits per heavy atom. The maximum absolute atomic E-state index is 11.0. The first-order valence-corrected chi connectivity index (χ1v) is 7.79. The zero-order chi connectivity index (χ0) is 15.4. The van der Waals surface area contributed by atoms with Crippen LogP contribution in [-0.4, -0.2) is 23.1 Å². The van der Waals surface area contributed by atoms with E-state index in [1.165, 1.54) is 32.1 Å². The first-order chi connectivity index (χ1) is 9.51. The Labute approximate surface area is 122 Å². The number of nitrogens with two attached hydrogens (primary N) is 1. The number of primary amides is 1. The number of rotatable bonds is 12. The maximum atomic E-state index is 11.0. The fraction of sp³-hybridized carbons (Fsp3) is 0.867. The standard InChI is InChI=1S/C15H30N2O3/c1-3-5-6-7-8-9-10-12(4-2)13(11-14(18)19)17-15(16)20/h12-13H,3-11H2,1-2H3,(H,18,19)(H3,16,17,20). The van der Waals surface area contributed by atoms with Crippen molar-refractivity contribution in [3.05, 3.63) is 0 Å². The lowest BCUT2D eigenvalue weighted by Crippen LogP contribution is -2.44. The van der Waals surface area contributed by atoms with E-state index in [1.54, 1.807) is 0 Å². The van der Waals surface area contributed by atoms with Crippen molar-refractivity contribution in [2.75, 3.05) is 0 Å². The van der Waals surface area contributed by atoms with Gasteiger partial charge in [-0.3, -0.25) is 4.79 Å². The molecule has 0 saturated heterocycles. The molecule has 2 unspecified atom stereocenters. The van der Waals surface area contributed by atoms with E-state index in [9.17, 15) is 9.59 Å². The van der Waals surface area contributed by atoms with Crippen molar-refractivity contribution >= 4 is 12.0 Å². The molecule has 0 rings (SSSR count). The Morgan fingerprint density at radius 2 is 1.70 bits per heavy atom. The van der Waals surface area contributed by atoms with E-state index in [2.05, 4.69) is 12.2 Å². The maximum Gasteiger partial charge on any atom is 0.312 e. The largest absolute Gasteiger partial charge is 0.481 e. The van der Waals surface area contributed by atoms with Crippen LogP contribution in [0.1, 0.15) is 71.6 Å². The highest BCUT2D eigenvalue weighted by molar-refractivity contribution is 5.74. The van der Waals surface area contributed by atoms with Crippen LogP contribution >= 0.6 is 0 Å². The van der Waals surface area contributed by atoms with Crippen LogP contribution in [0.25, 0.3) is 0 Å². The molecular formula is C15H30N2O3. The van der Waals surface area contributed by atoms with E-state index >= 15 is 0 Å². The molecule has 2 amide bonds. The molecule has 2 atom stereocenters. The average Bonchev–Trinajstić information content (AvgIpc) is 2.36. The summed E-state index contributed by atoms with van der Waals surface area (Å²) in [5.41, 5.74) is 5.13. The van der Waals surface area contributed by atoms with Crippen LogP contribution < -0.4 is 11.1 Å². The Balaban J connectivity index is 4.14. The van der Waals surface area contributed by atoms with Crippen LogP contribution in [0, 0.1) is 5.92 Å². The first-order valence-electron chi connectivity index (χ1n) is 7.79. The lowest BCUT2D eigenvalue weighted by atomic mass is 9.89. The molecule has 4 N–H and O–H groups in total. The molecule has 5 heteroatoms. The molecule has 0 aliphatic carbocycles. The van der Waals surface area contributed by atoms with E-state index in [-0.39, 0.29) is 18.4 Å². The number of carbonyl (C=O) groups excluding carboxylic acids is 1. The quantitative estimate of drug-likeness (QED) is 0.481. The second-order valence-electron chi connectivity index (χ2n) is 5.44. The Kier molecular flexibility index (Phi) is 10.8. The Bertz CT molecular complexity index is 266. The van der Waals surface area contributed by atoms with Gasteiger partial charge in [-0.25, -0.2) is 4.79 Å². The van der Waals surface area contributed by atoms with Crippen molar-refractivity contribution in [2.45, 2.75) is 77.7 Å². The zero-order valence-corrected chi connectivity index (χ0v) is 12.9. The third-order valence-corrected chi connectivity index (χ3v) is 3.74. The molecule has 0 aromatic rings. The Morgan fingerprint density at radius 3 is 2.20 bits per heavy atom.